The van der Waals surface area contributed by atoms with Crippen LogP contribution in [-0.2, 0) is 0 Å². The molecule has 0 saturated carbocycles. The summed E-state index contributed by atoms with van der Waals surface area (Å²) in [5.74, 6) is 0.905. The normalized spacial score (nSPS) is 11.7. The molecule has 0 saturated heterocycles. The molecule has 0 radical (unpaired) electrons. The zero-order chi connectivity index (χ0) is 15.3. The molecule has 6 nitrogen and oxygen atoms in total. The second kappa shape index (κ2) is 7.00. The van der Waals surface area contributed by atoms with Crippen LogP contribution in [-0.4, -0.2) is 56.9 Å². The molecule has 1 aromatic carbocycles. The molecule has 0 aromatic heterocycles. The minimum Gasteiger partial charge on any atom is -0.493 e. The topological polar surface area (TPSA) is 68.2 Å². The van der Waals surface area contributed by atoms with Gasteiger partial charge in [-0.25, -0.2) is 0 Å². The lowest BCUT2D eigenvalue weighted by atomic mass is 10.1. The quantitative estimate of drug-likeness (QED) is 0.848. The average Bonchev–Trinajstić information content (AvgIpc) is 2.50. The number of likely N-dealkylation sites (N-methyl/N-ethyl adjacent to an activating group) is 1. The lowest BCUT2D eigenvalue weighted by Crippen LogP contribution is -2.37. The largest absolute Gasteiger partial charge is 0.493 e. The zero-order valence-electron chi connectivity index (χ0n) is 12.5. The van der Waals surface area contributed by atoms with Crippen molar-refractivity contribution in [2.45, 2.75) is 13.0 Å². The lowest BCUT2D eigenvalue weighted by molar-refractivity contribution is 0.0678. The molecule has 0 fully saturated rings. The summed E-state index contributed by atoms with van der Waals surface area (Å²) in [7, 11) is 6.08. The first-order valence-electron chi connectivity index (χ1n) is 6.18. The first kappa shape index (κ1) is 16.1. The van der Waals surface area contributed by atoms with Gasteiger partial charge < -0.3 is 24.2 Å². The van der Waals surface area contributed by atoms with Gasteiger partial charge in [-0.15, -0.1) is 0 Å². The summed E-state index contributed by atoms with van der Waals surface area (Å²) in [5, 5.41) is 9.14. The van der Waals surface area contributed by atoms with Gasteiger partial charge in [0, 0.05) is 7.05 Å². The number of hydrogen-bond donors (Lipinski definition) is 1. The van der Waals surface area contributed by atoms with E-state index in [0.717, 1.165) is 0 Å². The number of carbonyl (C=O) groups excluding carboxylic acids is 1. The van der Waals surface area contributed by atoms with Crippen molar-refractivity contribution in [2.75, 3.05) is 35.0 Å². The van der Waals surface area contributed by atoms with Crippen molar-refractivity contribution in [1.29, 1.82) is 0 Å². The minimum absolute atomic E-state index is 0.113. The molecule has 1 amide bonds. The molecular weight excluding hydrogens is 262 g/mol. The van der Waals surface area contributed by atoms with E-state index in [1.807, 2.05) is 0 Å². The van der Waals surface area contributed by atoms with Crippen molar-refractivity contribution < 1.29 is 24.1 Å². The molecule has 20 heavy (non-hydrogen) atoms. The van der Waals surface area contributed by atoms with E-state index < -0.39 is 0 Å². The van der Waals surface area contributed by atoms with E-state index in [0.29, 0.717) is 22.8 Å². The summed E-state index contributed by atoms with van der Waals surface area (Å²) in [4.78, 5) is 13.9. The van der Waals surface area contributed by atoms with Crippen molar-refractivity contribution >= 4 is 5.91 Å². The maximum atomic E-state index is 12.4. The maximum absolute atomic E-state index is 12.4. The predicted octanol–water partition coefficient (Wildman–Crippen LogP) is 1.17. The zero-order valence-corrected chi connectivity index (χ0v) is 12.5. The number of ether oxygens (including phenoxy) is 3. The molecule has 1 aromatic rings. The fourth-order valence-electron chi connectivity index (χ4n) is 1.78. The van der Waals surface area contributed by atoms with E-state index in [1.165, 1.54) is 26.2 Å². The van der Waals surface area contributed by atoms with Crippen LogP contribution in [0.25, 0.3) is 0 Å². The molecule has 0 bridgehead atoms. The molecule has 1 unspecified atom stereocenters. The monoisotopic (exact) mass is 283 g/mol. The van der Waals surface area contributed by atoms with E-state index in [-0.39, 0.29) is 18.6 Å². The number of benzene rings is 1. The van der Waals surface area contributed by atoms with Crippen LogP contribution in [0.15, 0.2) is 12.1 Å². The van der Waals surface area contributed by atoms with Crippen LogP contribution < -0.4 is 14.2 Å². The molecule has 6 heteroatoms. The minimum atomic E-state index is -0.291. The number of carbonyl (C=O) groups is 1. The predicted molar refractivity (Wildman–Crippen MR) is 74.7 cm³/mol. The fourth-order valence-corrected chi connectivity index (χ4v) is 1.78. The first-order chi connectivity index (χ1) is 9.51. The van der Waals surface area contributed by atoms with Gasteiger partial charge in [-0.2, -0.15) is 0 Å². The molecule has 0 aliphatic heterocycles. The van der Waals surface area contributed by atoms with Gasteiger partial charge in [-0.05, 0) is 19.1 Å². The molecule has 0 aliphatic rings. The van der Waals surface area contributed by atoms with Crippen molar-refractivity contribution in [3.63, 3.8) is 0 Å². The highest BCUT2D eigenvalue weighted by atomic mass is 16.5. The molecule has 1 atom stereocenters. The Bertz CT molecular complexity index is 475. The third kappa shape index (κ3) is 2.96. The van der Waals surface area contributed by atoms with Crippen LogP contribution in [0.1, 0.15) is 17.3 Å². The highest BCUT2D eigenvalue weighted by molar-refractivity contribution is 5.98. The molecular formula is C14H21NO5. The molecule has 1 rings (SSSR count). The number of nitrogens with zero attached hydrogens (tertiary/aromatic N) is 1. The summed E-state index contributed by atoms with van der Waals surface area (Å²) >= 11 is 0. The fraction of sp³-hybridized carbons (Fsp3) is 0.500. The number of aliphatic hydroxyl groups excluding tert-OH is 1. The highest BCUT2D eigenvalue weighted by Gasteiger charge is 2.24. The second-order valence-corrected chi connectivity index (χ2v) is 4.33. The van der Waals surface area contributed by atoms with Crippen LogP contribution in [0.2, 0.25) is 0 Å². The van der Waals surface area contributed by atoms with Crippen LogP contribution in [0.4, 0.5) is 0 Å². The molecule has 0 spiro atoms. The Labute approximate surface area is 118 Å². The van der Waals surface area contributed by atoms with Crippen LogP contribution in [0, 0.1) is 0 Å². The Morgan fingerprint density at radius 3 is 2.25 bits per heavy atom. The van der Waals surface area contributed by atoms with E-state index in [1.54, 1.807) is 26.1 Å². The molecule has 0 aliphatic carbocycles. The van der Waals surface area contributed by atoms with Gasteiger partial charge in [0.1, 0.15) is 0 Å². The van der Waals surface area contributed by atoms with E-state index in [4.69, 9.17) is 19.3 Å². The second-order valence-electron chi connectivity index (χ2n) is 4.33. The third-order valence-corrected chi connectivity index (χ3v) is 3.18. The van der Waals surface area contributed by atoms with Crippen molar-refractivity contribution in [1.82, 2.24) is 4.90 Å². The van der Waals surface area contributed by atoms with Gasteiger partial charge in [-0.1, -0.05) is 0 Å². The summed E-state index contributed by atoms with van der Waals surface area (Å²) in [6.45, 7) is 1.64. The van der Waals surface area contributed by atoms with Crippen molar-refractivity contribution in [3.05, 3.63) is 17.7 Å². The number of methoxy groups -OCH3 is 3. The van der Waals surface area contributed by atoms with Crippen molar-refractivity contribution in [2.24, 2.45) is 0 Å². The summed E-state index contributed by atoms with van der Waals surface area (Å²) < 4.78 is 15.7. The number of rotatable bonds is 6. The van der Waals surface area contributed by atoms with Crippen LogP contribution >= 0.6 is 0 Å². The Balaban J connectivity index is 3.28. The average molecular weight is 283 g/mol. The Morgan fingerprint density at radius 1 is 1.20 bits per heavy atom. The molecule has 112 valence electrons. The van der Waals surface area contributed by atoms with Crippen molar-refractivity contribution in [3.8, 4) is 17.2 Å². The van der Waals surface area contributed by atoms with Crippen LogP contribution in [0.5, 0.6) is 17.2 Å². The summed E-state index contributed by atoms with van der Waals surface area (Å²) in [6.07, 6.45) is 0. The van der Waals surface area contributed by atoms with Gasteiger partial charge in [0.25, 0.3) is 5.91 Å². The first-order valence-corrected chi connectivity index (χ1v) is 6.18. The van der Waals surface area contributed by atoms with Gasteiger partial charge in [0.15, 0.2) is 11.5 Å². The van der Waals surface area contributed by atoms with E-state index in [2.05, 4.69) is 0 Å². The van der Waals surface area contributed by atoms with Gasteiger partial charge in [-0.3, -0.25) is 4.79 Å². The molecule has 0 heterocycles. The summed E-state index contributed by atoms with van der Waals surface area (Å²) in [6, 6.07) is 2.97. The Kier molecular flexibility index (Phi) is 5.64. The number of aliphatic hydroxyl groups is 1. The Hall–Kier alpha value is -1.95. The van der Waals surface area contributed by atoms with E-state index in [9.17, 15) is 4.79 Å². The van der Waals surface area contributed by atoms with Crippen LogP contribution in [0.3, 0.4) is 0 Å². The smallest absolute Gasteiger partial charge is 0.257 e. The number of hydrogen-bond acceptors (Lipinski definition) is 5. The maximum Gasteiger partial charge on any atom is 0.257 e. The highest BCUT2D eigenvalue weighted by Crippen LogP contribution is 2.40. The van der Waals surface area contributed by atoms with E-state index >= 15 is 0 Å². The standard InChI is InChI=1S/C14H21NO5/c1-9(8-16)15(2)14(17)10-6-7-11(18-3)13(20-5)12(10)19-4/h6-7,9,16H,8H2,1-5H3. The van der Waals surface area contributed by atoms with Gasteiger partial charge in [0.2, 0.25) is 5.75 Å². The Morgan fingerprint density at radius 2 is 1.80 bits per heavy atom. The third-order valence-electron chi connectivity index (χ3n) is 3.18. The summed E-state index contributed by atoms with van der Waals surface area (Å²) in [5.41, 5.74) is 0.355. The SMILES string of the molecule is COc1ccc(C(=O)N(C)C(C)CO)c(OC)c1OC. The lowest BCUT2D eigenvalue weighted by Gasteiger charge is -2.24. The molecule has 1 N–H and O–H groups in total. The number of amides is 1. The van der Waals surface area contributed by atoms with Gasteiger partial charge in [0.05, 0.1) is 39.5 Å². The van der Waals surface area contributed by atoms with Gasteiger partial charge >= 0.3 is 0 Å².